The molecule has 0 aliphatic carbocycles. The molecular weight excluding hydrogens is 820 g/mol. The Bertz CT molecular complexity index is 4280. The molecule has 6 nitrogen and oxygen atoms in total. The van der Waals surface area contributed by atoms with Gasteiger partial charge in [0.05, 0.1) is 24.7 Å². The van der Waals surface area contributed by atoms with Gasteiger partial charge in [0, 0.05) is 68.2 Å². The van der Waals surface area contributed by atoms with Crippen LogP contribution in [0.15, 0.2) is 205 Å². The second kappa shape index (κ2) is 15.1. The normalized spacial score (nSPS) is 14.2. The molecule has 0 spiro atoms. The Kier molecular flexibility index (Phi) is 6.84. The van der Waals surface area contributed by atoms with E-state index in [0.717, 1.165) is 44.0 Å². The molecule has 312 valence electrons. The number of ether oxygens (including phenoxy) is 1. The Labute approximate surface area is 394 Å². The van der Waals surface area contributed by atoms with Crippen LogP contribution in [0.1, 0.15) is 40.0 Å². The van der Waals surface area contributed by atoms with Crippen LogP contribution < -0.4 is 9.30 Å². The molecule has 65 heavy (non-hydrogen) atoms. The van der Waals surface area contributed by atoms with Crippen molar-refractivity contribution in [2.24, 2.45) is 0 Å². The molecule has 4 heterocycles. The molecule has 0 bridgehead atoms. The number of hydrogen-bond donors (Lipinski definition) is 0. The van der Waals surface area contributed by atoms with Crippen LogP contribution in [0, 0.1) is 0 Å². The smallest absolute Gasteiger partial charge is 0.255 e. The molecule has 0 unspecified atom stereocenters. The Hall–Kier alpha value is -7.93. The average Bonchev–Trinajstić information content (AvgIpc) is 4.12. The van der Waals surface area contributed by atoms with E-state index in [9.17, 15) is 0 Å². The van der Waals surface area contributed by atoms with Crippen LogP contribution in [0.25, 0.3) is 94.2 Å². The van der Waals surface area contributed by atoms with Crippen LogP contribution in [-0.2, 0) is 5.41 Å². The summed E-state index contributed by atoms with van der Waals surface area (Å²) in [6.07, 6.45) is 3.60. The molecule has 0 fully saturated rings. The van der Waals surface area contributed by atoms with Crippen LogP contribution in [0.3, 0.4) is 0 Å². The molecule has 7 heteroatoms. The molecule has 8 aromatic carbocycles. The van der Waals surface area contributed by atoms with Crippen LogP contribution in [0.4, 0.5) is 0 Å². The zero-order valence-corrected chi connectivity index (χ0v) is 36.0. The summed E-state index contributed by atoms with van der Waals surface area (Å²) in [6, 6.07) is 34.3. The topological polar surface area (TPSA) is 49.0 Å². The van der Waals surface area contributed by atoms with Gasteiger partial charge >= 0.3 is 0 Å². The van der Waals surface area contributed by atoms with Gasteiger partial charge in [0.25, 0.3) is 6.33 Å². The lowest BCUT2D eigenvalue weighted by Crippen LogP contribution is -2.31. The van der Waals surface area contributed by atoms with Gasteiger partial charge in [0.2, 0.25) is 0 Å². The molecular formula is C58H42ClN4O2+. The summed E-state index contributed by atoms with van der Waals surface area (Å²) >= 11 is 6.58. The summed E-state index contributed by atoms with van der Waals surface area (Å²) in [5.41, 5.74) is 6.04. The van der Waals surface area contributed by atoms with E-state index in [-0.39, 0.29) is 33.4 Å². The molecule has 12 aromatic rings. The fraction of sp³-hybridized carbons (Fsp3) is 0.0690. The predicted octanol–water partition coefficient (Wildman–Crippen LogP) is 15.4. The van der Waals surface area contributed by atoms with Crippen LogP contribution in [0.2, 0.25) is 5.02 Å². The maximum Gasteiger partial charge on any atom is 0.255 e. The third-order valence-corrected chi connectivity index (χ3v) is 12.1. The standard InChI is InChI=1S/C58H42ClN4O2/c1-58(2,3)39-28-29-60-56(30-39)63-50-27-24-40(59)31-48(50)46-26-25-43(33-51(46)63)64-42-19-12-18-41(32-42)61-36-62(52-34-49-47-20-10-11-23-54(47)65-55(49)35-53(52)61)57-44(37-14-6-4-7-15-37)21-13-22-45(57)38-16-8-5-9-17-38/h4-36H,1-3H3/q+1/i4D,5D,6D,7D,8D,9D,14D,15D,16D,17D. The van der Waals surface area contributed by atoms with E-state index in [1.807, 2.05) is 114 Å². The molecule has 4 aromatic heterocycles. The Morgan fingerprint density at radius 1 is 0.615 bits per heavy atom. The molecule has 0 saturated heterocycles. The van der Waals surface area contributed by atoms with Crippen molar-refractivity contribution in [3.8, 4) is 50.9 Å². The SMILES string of the molecule is [2H]c1c([2H])c([2H])c(-c2cccc(-c3c([2H])c([2H])c([2H])c([2H])c3[2H])c2-[n+]2cn(-c3cccc(Oc4ccc5c6cc(Cl)ccc6n(-c6cc(C(C)(C)C)ccn6)c5c4)c3)c3cc4oc5ccccc5c4cc32)c([2H])c1[2H]. The molecule has 0 atom stereocenters. The molecule has 0 saturated carbocycles. The van der Waals surface area contributed by atoms with E-state index in [1.54, 1.807) is 29.1 Å². The molecule has 0 radical (unpaired) electrons. The van der Waals surface area contributed by atoms with E-state index in [2.05, 4.69) is 31.4 Å². The lowest BCUT2D eigenvalue weighted by atomic mass is 9.88. The minimum absolute atomic E-state index is 0.123. The van der Waals surface area contributed by atoms with Crippen LogP contribution in [-0.4, -0.2) is 14.1 Å². The second-order valence-corrected chi connectivity index (χ2v) is 17.4. The largest absolute Gasteiger partial charge is 0.457 e. The van der Waals surface area contributed by atoms with Gasteiger partial charge in [-0.15, -0.1) is 0 Å². The fourth-order valence-electron chi connectivity index (χ4n) is 8.86. The maximum atomic E-state index is 9.17. The first-order valence-corrected chi connectivity index (χ1v) is 21.4. The Morgan fingerprint density at radius 2 is 1.35 bits per heavy atom. The summed E-state index contributed by atoms with van der Waals surface area (Å²) in [7, 11) is 0. The number of imidazole rings is 1. The summed E-state index contributed by atoms with van der Waals surface area (Å²) in [5, 5.41) is 4.11. The van der Waals surface area contributed by atoms with Crippen molar-refractivity contribution >= 4 is 66.4 Å². The van der Waals surface area contributed by atoms with Crippen molar-refractivity contribution in [3.63, 3.8) is 0 Å². The highest BCUT2D eigenvalue weighted by Gasteiger charge is 2.27. The van der Waals surface area contributed by atoms with Gasteiger partial charge in [0.1, 0.15) is 39.9 Å². The number of fused-ring (bicyclic) bond motifs is 7. The van der Waals surface area contributed by atoms with Gasteiger partial charge < -0.3 is 9.15 Å². The zero-order valence-electron chi connectivity index (χ0n) is 45.3. The van der Waals surface area contributed by atoms with Gasteiger partial charge in [-0.05, 0) is 82.8 Å². The third-order valence-electron chi connectivity index (χ3n) is 11.9. The van der Waals surface area contributed by atoms with Crippen molar-refractivity contribution in [3.05, 3.63) is 211 Å². The highest BCUT2D eigenvalue weighted by molar-refractivity contribution is 6.32. The molecule has 0 aliphatic rings. The minimum Gasteiger partial charge on any atom is -0.457 e. The molecule has 0 amide bonds. The van der Waals surface area contributed by atoms with Gasteiger partial charge in [-0.3, -0.25) is 4.57 Å². The number of halogens is 1. The summed E-state index contributed by atoms with van der Waals surface area (Å²) in [5.74, 6) is 1.79. The van der Waals surface area contributed by atoms with E-state index < -0.39 is 60.4 Å². The minimum atomic E-state index is -0.576. The number of aromatic nitrogens is 4. The maximum absolute atomic E-state index is 9.17. The summed E-state index contributed by atoms with van der Waals surface area (Å²) < 4.78 is 107. The van der Waals surface area contributed by atoms with Gasteiger partial charge in [-0.25, -0.2) is 4.98 Å². The van der Waals surface area contributed by atoms with E-state index >= 15 is 0 Å². The molecule has 0 N–H and O–H groups in total. The summed E-state index contributed by atoms with van der Waals surface area (Å²) in [6.45, 7) is 6.50. The van der Waals surface area contributed by atoms with Crippen molar-refractivity contribution in [2.45, 2.75) is 26.2 Å². The van der Waals surface area contributed by atoms with Crippen molar-refractivity contribution < 1.29 is 27.4 Å². The highest BCUT2D eigenvalue weighted by Crippen LogP contribution is 2.40. The van der Waals surface area contributed by atoms with Crippen LogP contribution in [0.5, 0.6) is 11.5 Å². The third kappa shape index (κ3) is 6.64. The molecule has 12 rings (SSSR count). The first kappa shape index (κ1) is 29.4. The number of para-hydroxylation sites is 2. The predicted molar refractivity (Wildman–Crippen MR) is 265 cm³/mol. The average molecular weight is 873 g/mol. The zero-order chi connectivity index (χ0) is 52.5. The molecule has 0 aliphatic heterocycles. The number of furan rings is 1. The van der Waals surface area contributed by atoms with Crippen molar-refractivity contribution in [1.82, 2.24) is 14.1 Å². The number of benzene rings is 8. The van der Waals surface area contributed by atoms with Crippen molar-refractivity contribution in [1.29, 1.82) is 0 Å². The van der Waals surface area contributed by atoms with Gasteiger partial charge in [-0.1, -0.05) is 135 Å². The number of pyridine rings is 1. The van der Waals surface area contributed by atoms with Gasteiger partial charge in [0.15, 0.2) is 11.0 Å². The second-order valence-electron chi connectivity index (χ2n) is 16.9. The number of nitrogens with zero attached hydrogens (tertiary/aromatic N) is 4. The highest BCUT2D eigenvalue weighted by atomic mass is 35.5. The first-order chi connectivity index (χ1) is 35.9. The lowest BCUT2D eigenvalue weighted by Gasteiger charge is -2.20. The Morgan fingerprint density at radius 3 is 2.12 bits per heavy atom. The lowest BCUT2D eigenvalue weighted by molar-refractivity contribution is -0.566. The van der Waals surface area contributed by atoms with Gasteiger partial charge in [-0.2, -0.15) is 9.13 Å². The van der Waals surface area contributed by atoms with Crippen molar-refractivity contribution in [2.75, 3.05) is 0 Å². The van der Waals surface area contributed by atoms with E-state index in [1.165, 1.54) is 0 Å². The summed E-state index contributed by atoms with van der Waals surface area (Å²) in [4.78, 5) is 4.83. The fourth-order valence-corrected chi connectivity index (χ4v) is 9.03. The van der Waals surface area contributed by atoms with E-state index in [4.69, 9.17) is 39.4 Å². The number of rotatable bonds is 7. The Balaban J connectivity index is 1.09. The quantitative estimate of drug-likeness (QED) is 0.150. The van der Waals surface area contributed by atoms with E-state index in [0.29, 0.717) is 44.4 Å². The monoisotopic (exact) mass is 871 g/mol. The van der Waals surface area contributed by atoms with Crippen LogP contribution >= 0.6 is 11.6 Å². The first-order valence-electron chi connectivity index (χ1n) is 26.0. The number of hydrogen-bond acceptors (Lipinski definition) is 3.